The fraction of sp³-hybridized carbons (Fsp3) is 0.375. The summed E-state index contributed by atoms with van der Waals surface area (Å²) in [5, 5.41) is 3.45. The van der Waals surface area contributed by atoms with Gasteiger partial charge in [0.2, 0.25) is 5.95 Å². The molecule has 0 amide bonds. The Kier molecular flexibility index (Phi) is 2.97. The van der Waals surface area contributed by atoms with E-state index in [1.54, 1.807) is 12.4 Å². The van der Waals surface area contributed by atoms with Crippen molar-refractivity contribution in [1.82, 2.24) is 9.97 Å². The van der Waals surface area contributed by atoms with Gasteiger partial charge in [-0.1, -0.05) is 38.1 Å². The molecule has 1 aliphatic carbocycles. The van der Waals surface area contributed by atoms with Crippen molar-refractivity contribution < 1.29 is 0 Å². The van der Waals surface area contributed by atoms with E-state index in [1.165, 1.54) is 17.5 Å². The summed E-state index contributed by atoms with van der Waals surface area (Å²) in [5.74, 6) is 0.710. The first-order valence-electron chi connectivity index (χ1n) is 6.80. The molecule has 1 atom stereocenters. The zero-order chi connectivity index (χ0) is 13.3. The highest BCUT2D eigenvalue weighted by atomic mass is 15.1. The molecule has 0 fully saturated rings. The highest BCUT2D eigenvalue weighted by Gasteiger charge is 2.32. The topological polar surface area (TPSA) is 37.8 Å². The molecule has 3 rings (SSSR count). The van der Waals surface area contributed by atoms with E-state index in [-0.39, 0.29) is 5.41 Å². The van der Waals surface area contributed by atoms with Crippen molar-refractivity contribution in [3.05, 3.63) is 53.9 Å². The molecule has 0 saturated carbocycles. The summed E-state index contributed by atoms with van der Waals surface area (Å²) in [6.45, 7) is 4.64. The lowest BCUT2D eigenvalue weighted by Gasteiger charge is -2.37. The number of fused-ring (bicyclic) bond motifs is 1. The molecule has 0 radical (unpaired) electrons. The Bertz CT molecular complexity index is 563. The smallest absolute Gasteiger partial charge is 0.223 e. The SMILES string of the molecule is CC1(C)CC[C@@H](Nc2ncccn2)c2ccccc21. The number of anilines is 1. The molecule has 1 aromatic carbocycles. The van der Waals surface area contributed by atoms with Crippen LogP contribution in [0.3, 0.4) is 0 Å². The van der Waals surface area contributed by atoms with Crippen LogP contribution in [0.25, 0.3) is 0 Å². The van der Waals surface area contributed by atoms with Crippen LogP contribution in [0.5, 0.6) is 0 Å². The van der Waals surface area contributed by atoms with Gasteiger partial charge in [-0.3, -0.25) is 0 Å². The molecule has 2 aromatic rings. The van der Waals surface area contributed by atoms with E-state index >= 15 is 0 Å². The molecule has 0 unspecified atom stereocenters. The molecule has 3 nitrogen and oxygen atoms in total. The quantitative estimate of drug-likeness (QED) is 0.886. The minimum Gasteiger partial charge on any atom is -0.347 e. The second-order valence-electron chi connectivity index (χ2n) is 5.78. The average molecular weight is 253 g/mol. The largest absolute Gasteiger partial charge is 0.347 e. The summed E-state index contributed by atoms with van der Waals surface area (Å²) in [4.78, 5) is 8.52. The zero-order valence-electron chi connectivity index (χ0n) is 11.4. The Morgan fingerprint density at radius 2 is 1.84 bits per heavy atom. The maximum atomic E-state index is 4.26. The molecule has 0 aliphatic heterocycles. The van der Waals surface area contributed by atoms with Crippen LogP contribution < -0.4 is 5.32 Å². The standard InChI is InChI=1S/C16H19N3/c1-16(2)9-8-14(12-6-3-4-7-13(12)16)19-15-17-10-5-11-18-15/h3-7,10-11,14H,8-9H2,1-2H3,(H,17,18,19)/t14-/m1/s1. The maximum absolute atomic E-state index is 4.26. The fourth-order valence-electron chi connectivity index (χ4n) is 2.89. The highest BCUT2D eigenvalue weighted by Crippen LogP contribution is 2.42. The lowest BCUT2D eigenvalue weighted by atomic mass is 9.71. The molecule has 1 aromatic heterocycles. The Hall–Kier alpha value is -1.90. The number of hydrogen-bond donors (Lipinski definition) is 1. The number of nitrogens with zero attached hydrogens (tertiary/aromatic N) is 2. The van der Waals surface area contributed by atoms with Crippen molar-refractivity contribution in [3.63, 3.8) is 0 Å². The molecule has 0 spiro atoms. The molecular weight excluding hydrogens is 234 g/mol. The van der Waals surface area contributed by atoms with Crippen molar-refractivity contribution in [2.75, 3.05) is 5.32 Å². The molecule has 1 heterocycles. The van der Waals surface area contributed by atoms with Crippen LogP contribution in [0.4, 0.5) is 5.95 Å². The summed E-state index contributed by atoms with van der Waals surface area (Å²) in [7, 11) is 0. The fourth-order valence-corrected chi connectivity index (χ4v) is 2.89. The molecule has 0 bridgehead atoms. The zero-order valence-corrected chi connectivity index (χ0v) is 11.4. The van der Waals surface area contributed by atoms with E-state index in [1.807, 2.05) is 6.07 Å². The minimum absolute atomic E-state index is 0.256. The Morgan fingerprint density at radius 1 is 1.11 bits per heavy atom. The van der Waals surface area contributed by atoms with Crippen LogP contribution in [-0.4, -0.2) is 9.97 Å². The van der Waals surface area contributed by atoms with Gasteiger partial charge in [0, 0.05) is 12.4 Å². The van der Waals surface area contributed by atoms with E-state index in [4.69, 9.17) is 0 Å². The van der Waals surface area contributed by atoms with Crippen molar-refractivity contribution in [1.29, 1.82) is 0 Å². The van der Waals surface area contributed by atoms with Crippen LogP contribution in [0, 0.1) is 0 Å². The number of rotatable bonds is 2. The minimum atomic E-state index is 0.256. The van der Waals surface area contributed by atoms with E-state index < -0.39 is 0 Å². The van der Waals surface area contributed by atoms with Crippen molar-refractivity contribution in [2.45, 2.75) is 38.1 Å². The van der Waals surface area contributed by atoms with Crippen molar-refractivity contribution >= 4 is 5.95 Å². The molecule has 19 heavy (non-hydrogen) atoms. The first-order valence-corrected chi connectivity index (χ1v) is 6.80. The van der Waals surface area contributed by atoms with Gasteiger partial charge in [0.25, 0.3) is 0 Å². The van der Waals surface area contributed by atoms with Crippen LogP contribution >= 0.6 is 0 Å². The summed E-state index contributed by atoms with van der Waals surface area (Å²) < 4.78 is 0. The molecule has 0 saturated heterocycles. The van der Waals surface area contributed by atoms with Gasteiger partial charge in [-0.05, 0) is 35.4 Å². The molecule has 98 valence electrons. The highest BCUT2D eigenvalue weighted by molar-refractivity contribution is 5.42. The van der Waals surface area contributed by atoms with Crippen LogP contribution in [0.1, 0.15) is 43.9 Å². The summed E-state index contributed by atoms with van der Waals surface area (Å²) >= 11 is 0. The van der Waals surface area contributed by atoms with Crippen LogP contribution in [0.15, 0.2) is 42.7 Å². The van der Waals surface area contributed by atoms with Crippen LogP contribution in [0.2, 0.25) is 0 Å². The van der Waals surface area contributed by atoms with Gasteiger partial charge in [0.05, 0.1) is 6.04 Å². The Balaban J connectivity index is 1.93. The molecule has 1 N–H and O–H groups in total. The molecule has 1 aliphatic rings. The van der Waals surface area contributed by atoms with E-state index in [0.29, 0.717) is 12.0 Å². The van der Waals surface area contributed by atoms with Gasteiger partial charge in [-0.2, -0.15) is 0 Å². The normalized spacial score (nSPS) is 20.6. The number of aromatic nitrogens is 2. The third-order valence-electron chi connectivity index (χ3n) is 3.99. The van der Waals surface area contributed by atoms with Gasteiger partial charge < -0.3 is 5.32 Å². The molecular formula is C16H19N3. The monoisotopic (exact) mass is 253 g/mol. The second kappa shape index (κ2) is 4.65. The lowest BCUT2D eigenvalue weighted by molar-refractivity contribution is 0.405. The second-order valence-corrected chi connectivity index (χ2v) is 5.78. The van der Waals surface area contributed by atoms with E-state index in [9.17, 15) is 0 Å². The van der Waals surface area contributed by atoms with Gasteiger partial charge in [0.15, 0.2) is 0 Å². The lowest BCUT2D eigenvalue weighted by Crippen LogP contribution is -2.29. The van der Waals surface area contributed by atoms with Gasteiger partial charge in [0.1, 0.15) is 0 Å². The number of hydrogen-bond acceptors (Lipinski definition) is 3. The summed E-state index contributed by atoms with van der Waals surface area (Å²) in [6.07, 6.45) is 5.83. The average Bonchev–Trinajstić information content (AvgIpc) is 2.44. The summed E-state index contributed by atoms with van der Waals surface area (Å²) in [5.41, 5.74) is 3.08. The maximum Gasteiger partial charge on any atom is 0.223 e. The summed E-state index contributed by atoms with van der Waals surface area (Å²) in [6, 6.07) is 10.9. The number of nitrogens with one attached hydrogen (secondary N) is 1. The Labute approximate surface area is 114 Å². The van der Waals surface area contributed by atoms with Gasteiger partial charge >= 0.3 is 0 Å². The predicted octanol–water partition coefficient (Wildman–Crippen LogP) is 3.70. The van der Waals surface area contributed by atoms with Gasteiger partial charge in [-0.25, -0.2) is 9.97 Å². The first kappa shape index (κ1) is 12.2. The van der Waals surface area contributed by atoms with E-state index in [0.717, 1.165) is 6.42 Å². The van der Waals surface area contributed by atoms with Gasteiger partial charge in [-0.15, -0.1) is 0 Å². The molecule has 3 heteroatoms. The third-order valence-corrected chi connectivity index (χ3v) is 3.99. The number of benzene rings is 1. The van der Waals surface area contributed by atoms with Crippen molar-refractivity contribution in [2.24, 2.45) is 0 Å². The predicted molar refractivity (Wildman–Crippen MR) is 77.1 cm³/mol. The van der Waals surface area contributed by atoms with E-state index in [2.05, 4.69) is 53.4 Å². The van der Waals surface area contributed by atoms with Crippen LogP contribution in [-0.2, 0) is 5.41 Å². The first-order chi connectivity index (χ1) is 9.17. The van der Waals surface area contributed by atoms with Crippen molar-refractivity contribution in [3.8, 4) is 0 Å². The Morgan fingerprint density at radius 3 is 2.63 bits per heavy atom. The third kappa shape index (κ3) is 2.33.